The zero-order valence-corrected chi connectivity index (χ0v) is 10.6. The van der Waals surface area contributed by atoms with Crippen LogP contribution in [-0.2, 0) is 0 Å². The minimum Gasteiger partial charge on any atom is -0.0656 e. The van der Waals surface area contributed by atoms with Crippen LogP contribution in [0.3, 0.4) is 0 Å². The predicted molar refractivity (Wildman–Crippen MR) is 61.6 cm³/mol. The van der Waals surface area contributed by atoms with Gasteiger partial charge >= 0.3 is 0 Å². The van der Waals surface area contributed by atoms with Gasteiger partial charge in [-0.15, -0.1) is 0 Å². The van der Waals surface area contributed by atoms with E-state index in [0.29, 0.717) is 0 Å². The van der Waals surface area contributed by atoms with Gasteiger partial charge in [0.05, 0.1) is 0 Å². The molecule has 78 valence electrons. The first-order chi connectivity index (χ1) is 5.42. The fourth-order valence-electron chi connectivity index (χ4n) is 0. The standard InChI is InChI=1S/C5H12.C4H10.C3H8/c1-4-5(2)3;1-4(2)3;1-3-2/h5H,4H2,1-3H3;4H,1-3H3;3H2,1-2H3. The van der Waals surface area contributed by atoms with Crippen LogP contribution in [-0.4, -0.2) is 0 Å². The first kappa shape index (κ1) is 17.9. The molecule has 0 amide bonds. The molecule has 0 aliphatic heterocycles. The Kier molecular flexibility index (Phi) is 25.7. The maximum absolute atomic E-state index is 2.22. The topological polar surface area (TPSA) is 0 Å². The second kappa shape index (κ2) is 17.2. The van der Waals surface area contributed by atoms with Crippen LogP contribution in [0.4, 0.5) is 0 Å². The third kappa shape index (κ3) is 202. The van der Waals surface area contributed by atoms with Gasteiger partial charge in [0.2, 0.25) is 0 Å². The van der Waals surface area contributed by atoms with Gasteiger partial charge in [-0.05, 0) is 11.8 Å². The molecule has 0 aromatic carbocycles. The summed E-state index contributed by atoms with van der Waals surface area (Å²) in [6.45, 7) is 17.4. The highest BCUT2D eigenvalue weighted by molar-refractivity contribution is 4.32. The molecule has 0 aliphatic carbocycles. The molecule has 0 bridgehead atoms. The molecule has 0 N–H and O–H groups in total. The van der Waals surface area contributed by atoms with Crippen molar-refractivity contribution in [3.05, 3.63) is 0 Å². The van der Waals surface area contributed by atoms with E-state index in [1.54, 1.807) is 0 Å². The van der Waals surface area contributed by atoms with Crippen LogP contribution in [0.2, 0.25) is 0 Å². The molecule has 0 unspecified atom stereocenters. The summed E-state index contributed by atoms with van der Waals surface area (Å²) in [5.74, 6) is 1.72. The molecule has 0 saturated heterocycles. The highest BCUT2D eigenvalue weighted by Gasteiger charge is 1.80. The Morgan fingerprint density at radius 3 is 0.833 bits per heavy atom. The molecule has 0 nitrogen and oxygen atoms in total. The minimum atomic E-state index is 0.833. The van der Waals surface area contributed by atoms with Crippen LogP contribution < -0.4 is 0 Å². The van der Waals surface area contributed by atoms with Gasteiger partial charge in [0.1, 0.15) is 0 Å². The molecule has 0 atom stereocenters. The third-order valence-electron chi connectivity index (χ3n) is 0.816. The Labute approximate surface area is 80.8 Å². The average molecular weight is 174 g/mol. The average Bonchev–Trinajstić information content (AvgIpc) is 1.88. The zero-order chi connectivity index (χ0) is 10.6. The van der Waals surface area contributed by atoms with Crippen molar-refractivity contribution in [1.29, 1.82) is 0 Å². The Hall–Kier alpha value is 0. The van der Waals surface area contributed by atoms with Gasteiger partial charge in [-0.2, -0.15) is 0 Å². The van der Waals surface area contributed by atoms with Crippen LogP contribution in [0.5, 0.6) is 0 Å². The summed E-state index contributed by atoms with van der Waals surface area (Å²) in [6.07, 6.45) is 2.56. The maximum Gasteiger partial charge on any atom is -0.0474 e. The van der Waals surface area contributed by atoms with Crippen LogP contribution >= 0.6 is 0 Å². The van der Waals surface area contributed by atoms with Crippen LogP contribution in [0.1, 0.15) is 68.2 Å². The summed E-state index contributed by atoms with van der Waals surface area (Å²) in [4.78, 5) is 0. The molecule has 0 fully saturated rings. The third-order valence-corrected chi connectivity index (χ3v) is 0.816. The minimum absolute atomic E-state index is 0.833. The molecule has 0 heterocycles. The highest BCUT2D eigenvalue weighted by atomic mass is 13.9. The summed E-state index contributed by atoms with van der Waals surface area (Å²) < 4.78 is 0. The van der Waals surface area contributed by atoms with Crippen LogP contribution in [0.25, 0.3) is 0 Å². The molecule has 0 heteroatoms. The van der Waals surface area contributed by atoms with Crippen molar-refractivity contribution in [2.24, 2.45) is 11.8 Å². The summed E-state index contributed by atoms with van der Waals surface area (Å²) in [6, 6.07) is 0. The van der Waals surface area contributed by atoms with Gasteiger partial charge in [-0.3, -0.25) is 0 Å². The summed E-state index contributed by atoms with van der Waals surface area (Å²) in [7, 11) is 0. The molecule has 0 aromatic heterocycles. The molecule has 12 heavy (non-hydrogen) atoms. The molecule has 0 rings (SSSR count). The number of hydrogen-bond acceptors (Lipinski definition) is 0. The number of hydrogen-bond donors (Lipinski definition) is 0. The van der Waals surface area contributed by atoms with E-state index >= 15 is 0 Å². The molecule has 0 aliphatic rings. The van der Waals surface area contributed by atoms with E-state index in [1.807, 2.05) is 0 Å². The highest BCUT2D eigenvalue weighted by Crippen LogP contribution is 1.93. The van der Waals surface area contributed by atoms with E-state index in [9.17, 15) is 0 Å². The van der Waals surface area contributed by atoms with E-state index in [-0.39, 0.29) is 0 Å². The van der Waals surface area contributed by atoms with Gasteiger partial charge in [0.25, 0.3) is 0 Å². The van der Waals surface area contributed by atoms with Gasteiger partial charge in [-0.1, -0.05) is 68.2 Å². The first-order valence-corrected chi connectivity index (χ1v) is 5.42. The SMILES string of the molecule is CC(C)C.CCC.CCC(C)C. The van der Waals surface area contributed by atoms with E-state index < -0.39 is 0 Å². The van der Waals surface area contributed by atoms with E-state index in [1.165, 1.54) is 12.8 Å². The lowest BCUT2D eigenvalue weighted by Crippen LogP contribution is -1.77. The van der Waals surface area contributed by atoms with Gasteiger partial charge in [0, 0.05) is 0 Å². The van der Waals surface area contributed by atoms with Crippen molar-refractivity contribution in [1.82, 2.24) is 0 Å². The molecule has 0 radical (unpaired) electrons. The van der Waals surface area contributed by atoms with E-state index in [2.05, 4.69) is 55.4 Å². The fraction of sp³-hybridized carbons (Fsp3) is 1.00. The normalized spacial score (nSPS) is 8.50. The second-order valence-electron chi connectivity index (χ2n) is 4.24. The molecular formula is C12H30. The maximum atomic E-state index is 2.22. The van der Waals surface area contributed by atoms with Crippen molar-refractivity contribution in [3.63, 3.8) is 0 Å². The predicted octanol–water partition coefficient (Wildman–Crippen LogP) is 5.13. The molecular weight excluding hydrogens is 144 g/mol. The summed E-state index contributed by atoms with van der Waals surface area (Å²) in [5.41, 5.74) is 0. The Morgan fingerprint density at radius 1 is 0.750 bits per heavy atom. The van der Waals surface area contributed by atoms with Crippen molar-refractivity contribution in [2.75, 3.05) is 0 Å². The van der Waals surface area contributed by atoms with Crippen LogP contribution in [0.15, 0.2) is 0 Å². The van der Waals surface area contributed by atoms with Crippen molar-refractivity contribution < 1.29 is 0 Å². The largest absolute Gasteiger partial charge is 0.0656 e. The monoisotopic (exact) mass is 174 g/mol. The van der Waals surface area contributed by atoms with E-state index in [0.717, 1.165) is 11.8 Å². The molecule has 0 spiro atoms. The van der Waals surface area contributed by atoms with E-state index in [4.69, 9.17) is 0 Å². The van der Waals surface area contributed by atoms with Gasteiger partial charge < -0.3 is 0 Å². The van der Waals surface area contributed by atoms with Gasteiger partial charge in [0.15, 0.2) is 0 Å². The lowest BCUT2D eigenvalue weighted by Gasteiger charge is -1.90. The number of rotatable bonds is 1. The van der Waals surface area contributed by atoms with Crippen molar-refractivity contribution >= 4 is 0 Å². The Balaban J connectivity index is -0.000000105. The molecule has 0 saturated carbocycles. The Bertz CT molecular complexity index is 41.2. The zero-order valence-electron chi connectivity index (χ0n) is 10.6. The van der Waals surface area contributed by atoms with Crippen LogP contribution in [0, 0.1) is 11.8 Å². The molecule has 0 aromatic rings. The Morgan fingerprint density at radius 2 is 0.833 bits per heavy atom. The second-order valence-corrected chi connectivity index (χ2v) is 4.24. The van der Waals surface area contributed by atoms with Crippen molar-refractivity contribution in [2.45, 2.75) is 68.2 Å². The fourth-order valence-corrected chi connectivity index (χ4v) is 0. The summed E-state index contributed by atoms with van der Waals surface area (Å²) >= 11 is 0. The lowest BCUT2D eigenvalue weighted by molar-refractivity contribution is 0.626. The van der Waals surface area contributed by atoms with Gasteiger partial charge in [-0.25, -0.2) is 0 Å². The smallest absolute Gasteiger partial charge is 0.0474 e. The summed E-state index contributed by atoms with van der Waals surface area (Å²) in [5, 5.41) is 0. The lowest BCUT2D eigenvalue weighted by atomic mass is 10.2. The van der Waals surface area contributed by atoms with Crippen molar-refractivity contribution in [3.8, 4) is 0 Å². The first-order valence-electron chi connectivity index (χ1n) is 5.42. The quantitative estimate of drug-likeness (QED) is 0.517.